The number of β-amino-alcohol motifs (C(OH)–C–C–N with tert-alkyl or cyclic N) is 1. The Bertz CT molecular complexity index is 747. The molecule has 0 unspecified atom stereocenters. The highest BCUT2D eigenvalue weighted by Gasteiger charge is 2.29. The summed E-state index contributed by atoms with van der Waals surface area (Å²) in [4.78, 5) is 3.78. The van der Waals surface area contributed by atoms with Crippen LogP contribution in [0.1, 0.15) is 71.5 Å². The van der Waals surface area contributed by atoms with Crippen molar-refractivity contribution in [2.45, 2.75) is 77.5 Å². The molecule has 0 spiro atoms. The number of aliphatic hydroxyl groups is 1. The Balaban J connectivity index is 1.77. The molecule has 0 aliphatic heterocycles. The van der Waals surface area contributed by atoms with Gasteiger partial charge in [0, 0.05) is 29.9 Å². The van der Waals surface area contributed by atoms with E-state index in [1.807, 2.05) is 13.8 Å². The fourth-order valence-corrected chi connectivity index (χ4v) is 5.84. The number of hydrogen-bond acceptors (Lipinski definition) is 5. The van der Waals surface area contributed by atoms with E-state index < -0.39 is 21.9 Å². The highest BCUT2D eigenvalue weighted by molar-refractivity contribution is 7.89. The average molecular weight is 430 g/mol. The monoisotopic (exact) mass is 429 g/mol. The predicted molar refractivity (Wildman–Crippen MR) is 113 cm³/mol. The fourth-order valence-electron chi connectivity index (χ4n) is 4.12. The Kier molecular flexibility index (Phi) is 8.58. The van der Waals surface area contributed by atoms with Crippen molar-refractivity contribution in [2.24, 2.45) is 11.8 Å². The van der Waals surface area contributed by atoms with Gasteiger partial charge in [0.15, 0.2) is 0 Å². The number of nitrogens with one attached hydrogen (secondary N) is 2. The number of aliphatic hydroxyl groups excluding tert-OH is 1. The van der Waals surface area contributed by atoms with Gasteiger partial charge in [-0.15, -0.1) is 0 Å². The molecule has 0 bridgehead atoms. The van der Waals surface area contributed by atoms with Gasteiger partial charge in [-0.3, -0.25) is 4.98 Å². The molecule has 1 atom stereocenters. The average Bonchev–Trinajstić information content (AvgIpc) is 2.60. The second-order valence-electron chi connectivity index (χ2n) is 9.43. The van der Waals surface area contributed by atoms with Crippen LogP contribution in [-0.2, 0) is 10.0 Å². The van der Waals surface area contributed by atoms with Crippen LogP contribution in [-0.4, -0.2) is 42.4 Å². The van der Waals surface area contributed by atoms with Crippen LogP contribution in [0.25, 0.3) is 0 Å². The molecule has 1 saturated carbocycles. The van der Waals surface area contributed by atoms with Gasteiger partial charge in [0.25, 0.3) is 0 Å². The predicted octanol–water partition coefficient (Wildman–Crippen LogP) is 3.15. The molecule has 1 aliphatic carbocycles. The summed E-state index contributed by atoms with van der Waals surface area (Å²) in [6.45, 7) is 8.34. The summed E-state index contributed by atoms with van der Waals surface area (Å²) in [7, 11) is -3.20. The summed E-state index contributed by atoms with van der Waals surface area (Å²) >= 11 is 0. The van der Waals surface area contributed by atoms with E-state index in [1.165, 1.54) is 12.3 Å². The van der Waals surface area contributed by atoms with Gasteiger partial charge in [-0.1, -0.05) is 13.8 Å². The molecule has 1 fully saturated rings. The zero-order valence-corrected chi connectivity index (χ0v) is 18.8. The minimum atomic E-state index is -3.20. The summed E-state index contributed by atoms with van der Waals surface area (Å²) < 4.78 is 40.4. The second kappa shape index (κ2) is 10.3. The largest absolute Gasteiger partial charge is 0.387 e. The van der Waals surface area contributed by atoms with Crippen LogP contribution < -0.4 is 10.0 Å². The molecule has 1 aromatic rings. The van der Waals surface area contributed by atoms with Gasteiger partial charge in [-0.05, 0) is 63.9 Å². The molecular formula is C21H36FN3O3S. The van der Waals surface area contributed by atoms with Crippen LogP contribution in [0.5, 0.6) is 0 Å². The molecule has 29 heavy (non-hydrogen) atoms. The normalized spacial score (nSPS) is 22.0. The molecule has 2 rings (SSSR count). The molecule has 3 N–H and O–H groups in total. The van der Waals surface area contributed by atoms with Crippen molar-refractivity contribution in [2.75, 3.05) is 12.3 Å². The summed E-state index contributed by atoms with van der Waals surface area (Å²) in [6, 6.07) is 1.34. The van der Waals surface area contributed by atoms with Crippen molar-refractivity contribution in [3.8, 4) is 0 Å². The van der Waals surface area contributed by atoms with Gasteiger partial charge < -0.3 is 10.4 Å². The van der Waals surface area contributed by atoms with Gasteiger partial charge >= 0.3 is 0 Å². The molecule has 1 aliphatic rings. The van der Waals surface area contributed by atoms with E-state index in [0.29, 0.717) is 18.0 Å². The lowest BCUT2D eigenvalue weighted by Gasteiger charge is -2.35. The molecule has 0 radical (unpaired) electrons. The SMILES string of the molecule is CC(C)CS(=O)(=O)NC1CCC(CC(C)(C)NC[C@H](O)c2cncc(F)c2)CC1. The van der Waals surface area contributed by atoms with Crippen LogP contribution >= 0.6 is 0 Å². The van der Waals surface area contributed by atoms with Crippen molar-refractivity contribution >= 4 is 10.0 Å². The summed E-state index contributed by atoms with van der Waals surface area (Å²) in [6.07, 6.45) is 6.39. The molecule has 0 saturated heterocycles. The van der Waals surface area contributed by atoms with Crippen molar-refractivity contribution in [3.05, 3.63) is 29.8 Å². The van der Waals surface area contributed by atoms with E-state index in [9.17, 15) is 17.9 Å². The quantitative estimate of drug-likeness (QED) is 0.531. The van der Waals surface area contributed by atoms with Crippen molar-refractivity contribution < 1.29 is 17.9 Å². The number of rotatable bonds is 10. The molecule has 0 amide bonds. The zero-order chi connectivity index (χ0) is 21.7. The molecule has 1 aromatic heterocycles. The topological polar surface area (TPSA) is 91.3 Å². The lowest BCUT2D eigenvalue weighted by molar-refractivity contribution is 0.149. The Hall–Kier alpha value is -1.09. The molecule has 1 heterocycles. The molecule has 166 valence electrons. The van der Waals surface area contributed by atoms with Crippen LogP contribution in [0.15, 0.2) is 18.5 Å². The third-order valence-corrected chi connectivity index (χ3v) is 7.23. The summed E-state index contributed by atoms with van der Waals surface area (Å²) in [5.74, 6) is 0.347. The molecule has 0 aromatic carbocycles. The smallest absolute Gasteiger partial charge is 0.212 e. The molecule has 6 nitrogen and oxygen atoms in total. The number of aromatic nitrogens is 1. The number of pyridine rings is 1. The lowest BCUT2D eigenvalue weighted by atomic mass is 9.79. The van der Waals surface area contributed by atoms with Gasteiger partial charge in [0.2, 0.25) is 10.0 Å². The van der Waals surface area contributed by atoms with Crippen LogP contribution in [0.4, 0.5) is 4.39 Å². The number of hydrogen-bond donors (Lipinski definition) is 3. The first-order chi connectivity index (χ1) is 13.5. The second-order valence-corrected chi connectivity index (χ2v) is 11.2. The number of halogens is 1. The Morgan fingerprint density at radius 2 is 1.90 bits per heavy atom. The number of sulfonamides is 1. The summed E-state index contributed by atoms with van der Waals surface area (Å²) in [5, 5.41) is 13.7. The first kappa shape index (κ1) is 24.2. The highest BCUT2D eigenvalue weighted by atomic mass is 32.2. The Morgan fingerprint density at radius 1 is 1.24 bits per heavy atom. The van der Waals surface area contributed by atoms with Crippen molar-refractivity contribution in [1.82, 2.24) is 15.0 Å². The fraction of sp³-hybridized carbons (Fsp3) is 0.762. The minimum absolute atomic E-state index is 0.0355. The maximum atomic E-state index is 13.3. The van der Waals surface area contributed by atoms with Gasteiger partial charge in [0.1, 0.15) is 5.82 Å². The van der Waals surface area contributed by atoms with Crippen molar-refractivity contribution in [1.29, 1.82) is 0 Å². The standard InChI is InChI=1S/C21H36FN3O3S/c1-15(2)14-29(27,28)25-19-7-5-16(6-8-19)10-21(3,4)24-13-20(26)17-9-18(22)12-23-11-17/h9,11-12,15-16,19-20,24-26H,5-8,10,13-14H2,1-4H3/t16?,19?,20-/m0/s1. The van der Waals surface area contributed by atoms with Gasteiger partial charge in [-0.2, -0.15) is 0 Å². The van der Waals surface area contributed by atoms with E-state index in [-0.39, 0.29) is 23.3 Å². The van der Waals surface area contributed by atoms with E-state index in [4.69, 9.17) is 0 Å². The first-order valence-electron chi connectivity index (χ1n) is 10.5. The van der Waals surface area contributed by atoms with Crippen LogP contribution in [0.3, 0.4) is 0 Å². The number of nitrogens with zero attached hydrogens (tertiary/aromatic N) is 1. The van der Waals surface area contributed by atoms with Gasteiger partial charge in [-0.25, -0.2) is 17.5 Å². The van der Waals surface area contributed by atoms with E-state index in [2.05, 4.69) is 28.9 Å². The van der Waals surface area contributed by atoms with Gasteiger partial charge in [0.05, 0.1) is 18.1 Å². The third-order valence-electron chi connectivity index (χ3n) is 5.43. The van der Waals surface area contributed by atoms with E-state index >= 15 is 0 Å². The Morgan fingerprint density at radius 3 is 2.48 bits per heavy atom. The Labute approximate surface area is 174 Å². The minimum Gasteiger partial charge on any atom is -0.387 e. The van der Waals surface area contributed by atoms with E-state index in [1.54, 1.807) is 0 Å². The first-order valence-corrected chi connectivity index (χ1v) is 12.1. The van der Waals surface area contributed by atoms with Crippen LogP contribution in [0.2, 0.25) is 0 Å². The summed E-state index contributed by atoms with van der Waals surface area (Å²) in [5.41, 5.74) is 0.276. The van der Waals surface area contributed by atoms with E-state index in [0.717, 1.165) is 38.3 Å². The zero-order valence-electron chi connectivity index (χ0n) is 18.0. The third kappa shape index (κ3) is 8.66. The van der Waals surface area contributed by atoms with Crippen molar-refractivity contribution in [3.63, 3.8) is 0 Å². The molecular weight excluding hydrogens is 393 g/mol. The lowest BCUT2D eigenvalue weighted by Crippen LogP contribution is -2.45. The van der Waals surface area contributed by atoms with Crippen LogP contribution in [0, 0.1) is 17.7 Å². The maximum Gasteiger partial charge on any atom is 0.212 e. The highest BCUT2D eigenvalue weighted by Crippen LogP contribution is 2.31. The maximum absolute atomic E-state index is 13.3. The molecule has 8 heteroatoms.